The standard InChI is InChI=1S/C21H27FN4O5S/c1-3-19(32)23-11-16-12-26(21(29)31-16)15-4-5-18(17(22)10-15)24-6-8-25(9-7-24)20(28)13-30-14(2)27/h4-5,10,16H,3,6-9,11-13H2,1-2H3,(H,23,32). The van der Waals surface area contributed by atoms with E-state index in [0.29, 0.717) is 62.1 Å². The molecular formula is C21H27FN4O5S. The second-order valence-corrected chi connectivity index (χ2v) is 8.05. The van der Waals surface area contributed by atoms with E-state index in [9.17, 15) is 18.8 Å². The highest BCUT2D eigenvalue weighted by Crippen LogP contribution is 2.28. The van der Waals surface area contributed by atoms with Gasteiger partial charge in [-0.05, 0) is 24.6 Å². The molecule has 2 amide bonds. The van der Waals surface area contributed by atoms with Crippen molar-refractivity contribution in [3.05, 3.63) is 24.0 Å². The van der Waals surface area contributed by atoms with Crippen LogP contribution in [0.5, 0.6) is 0 Å². The molecule has 0 spiro atoms. The minimum Gasteiger partial charge on any atom is -0.456 e. The molecular weight excluding hydrogens is 439 g/mol. The van der Waals surface area contributed by atoms with Crippen LogP contribution in [0, 0.1) is 5.82 Å². The van der Waals surface area contributed by atoms with Gasteiger partial charge in [0.1, 0.15) is 11.9 Å². The third kappa shape index (κ3) is 5.84. The zero-order chi connectivity index (χ0) is 23.3. The van der Waals surface area contributed by atoms with Gasteiger partial charge in [-0.25, -0.2) is 9.18 Å². The molecule has 0 aromatic heterocycles. The van der Waals surface area contributed by atoms with Gasteiger partial charge in [0.15, 0.2) is 6.61 Å². The predicted molar refractivity (Wildman–Crippen MR) is 120 cm³/mol. The van der Waals surface area contributed by atoms with Crippen LogP contribution in [0.1, 0.15) is 20.3 Å². The van der Waals surface area contributed by atoms with E-state index in [0.717, 1.165) is 0 Å². The average Bonchev–Trinajstić information content (AvgIpc) is 3.16. The van der Waals surface area contributed by atoms with Crippen molar-refractivity contribution in [2.45, 2.75) is 26.4 Å². The summed E-state index contributed by atoms with van der Waals surface area (Å²) in [6.45, 7) is 5.30. The van der Waals surface area contributed by atoms with Crippen LogP contribution in [0.3, 0.4) is 0 Å². The number of esters is 1. The number of hydrogen-bond acceptors (Lipinski definition) is 7. The Labute approximate surface area is 191 Å². The number of benzene rings is 1. The van der Waals surface area contributed by atoms with Crippen LogP contribution >= 0.6 is 12.2 Å². The maximum atomic E-state index is 14.9. The number of amides is 2. The molecule has 2 fully saturated rings. The van der Waals surface area contributed by atoms with Crippen molar-refractivity contribution in [2.75, 3.05) is 55.7 Å². The van der Waals surface area contributed by atoms with Crippen LogP contribution in [0.4, 0.5) is 20.6 Å². The molecule has 0 aliphatic carbocycles. The van der Waals surface area contributed by atoms with Gasteiger partial charge in [0.25, 0.3) is 5.91 Å². The molecule has 9 nitrogen and oxygen atoms in total. The number of nitrogens with one attached hydrogen (secondary N) is 1. The number of cyclic esters (lactones) is 1. The van der Waals surface area contributed by atoms with Crippen molar-refractivity contribution in [3.8, 4) is 0 Å². The van der Waals surface area contributed by atoms with Crippen molar-refractivity contribution >= 4 is 46.6 Å². The molecule has 1 N–H and O–H groups in total. The second-order valence-electron chi connectivity index (χ2n) is 7.56. The second kappa shape index (κ2) is 10.6. The number of anilines is 2. The van der Waals surface area contributed by atoms with E-state index in [4.69, 9.17) is 21.7 Å². The van der Waals surface area contributed by atoms with Crippen molar-refractivity contribution in [3.63, 3.8) is 0 Å². The SMILES string of the molecule is CCC(=S)NCC1CN(c2ccc(N3CCN(C(=O)COC(C)=O)CC3)c(F)c2)C(=O)O1. The van der Waals surface area contributed by atoms with Crippen LogP contribution in [0.15, 0.2) is 18.2 Å². The minimum atomic E-state index is -0.522. The fraction of sp³-hybridized carbons (Fsp3) is 0.524. The number of carbonyl (C=O) groups is 3. The summed E-state index contributed by atoms with van der Waals surface area (Å²) in [7, 11) is 0. The number of rotatable bonds is 7. The summed E-state index contributed by atoms with van der Waals surface area (Å²) in [6.07, 6.45) is -0.181. The number of halogens is 1. The lowest BCUT2D eigenvalue weighted by atomic mass is 10.2. The number of ether oxygens (including phenoxy) is 2. The first-order valence-corrected chi connectivity index (χ1v) is 10.9. The fourth-order valence-electron chi connectivity index (χ4n) is 3.56. The maximum absolute atomic E-state index is 14.9. The molecule has 0 radical (unpaired) electrons. The highest BCUT2D eigenvalue weighted by atomic mass is 32.1. The monoisotopic (exact) mass is 466 g/mol. The Kier molecular flexibility index (Phi) is 7.84. The Hall–Kier alpha value is -2.95. The van der Waals surface area contributed by atoms with Gasteiger partial charge in [0.2, 0.25) is 0 Å². The lowest BCUT2D eigenvalue weighted by molar-refractivity contribution is -0.150. The Morgan fingerprint density at radius 1 is 1.28 bits per heavy atom. The van der Waals surface area contributed by atoms with Crippen molar-refractivity contribution in [1.82, 2.24) is 10.2 Å². The van der Waals surface area contributed by atoms with Crippen LogP contribution in [0.2, 0.25) is 0 Å². The number of piperazine rings is 1. The zero-order valence-electron chi connectivity index (χ0n) is 18.1. The molecule has 1 atom stereocenters. The maximum Gasteiger partial charge on any atom is 0.414 e. The highest BCUT2D eigenvalue weighted by Gasteiger charge is 2.33. The molecule has 2 heterocycles. The molecule has 2 aliphatic rings. The summed E-state index contributed by atoms with van der Waals surface area (Å²) < 4.78 is 25.0. The molecule has 2 saturated heterocycles. The van der Waals surface area contributed by atoms with E-state index in [1.807, 2.05) is 11.8 Å². The predicted octanol–water partition coefficient (Wildman–Crippen LogP) is 1.69. The third-order valence-electron chi connectivity index (χ3n) is 5.34. The highest BCUT2D eigenvalue weighted by molar-refractivity contribution is 7.80. The molecule has 174 valence electrons. The molecule has 0 saturated carbocycles. The van der Waals surface area contributed by atoms with E-state index >= 15 is 0 Å². The largest absolute Gasteiger partial charge is 0.456 e. The number of carbonyl (C=O) groups excluding carboxylic acids is 3. The smallest absolute Gasteiger partial charge is 0.414 e. The first-order valence-electron chi connectivity index (χ1n) is 10.5. The van der Waals surface area contributed by atoms with Crippen molar-refractivity contribution in [1.29, 1.82) is 0 Å². The molecule has 1 aromatic carbocycles. The van der Waals surface area contributed by atoms with Gasteiger partial charge in [-0.15, -0.1) is 0 Å². The number of nitrogens with zero attached hydrogens (tertiary/aromatic N) is 3. The van der Waals surface area contributed by atoms with E-state index in [1.54, 1.807) is 17.0 Å². The summed E-state index contributed by atoms with van der Waals surface area (Å²) in [5.74, 6) is -1.23. The van der Waals surface area contributed by atoms with Gasteiger partial charge in [-0.1, -0.05) is 19.1 Å². The summed E-state index contributed by atoms with van der Waals surface area (Å²) in [5.41, 5.74) is 0.826. The molecule has 1 unspecified atom stereocenters. The number of hydrogen-bond donors (Lipinski definition) is 1. The Morgan fingerprint density at radius 3 is 2.62 bits per heavy atom. The van der Waals surface area contributed by atoms with Gasteiger partial charge in [0.05, 0.1) is 29.5 Å². The van der Waals surface area contributed by atoms with Gasteiger partial charge >= 0.3 is 12.1 Å². The third-order valence-corrected chi connectivity index (χ3v) is 5.77. The summed E-state index contributed by atoms with van der Waals surface area (Å²) in [6, 6.07) is 4.64. The molecule has 11 heteroatoms. The van der Waals surface area contributed by atoms with Gasteiger partial charge in [-0.3, -0.25) is 14.5 Å². The Bertz CT molecular complexity index is 891. The van der Waals surface area contributed by atoms with E-state index in [1.165, 1.54) is 17.9 Å². The lowest BCUT2D eigenvalue weighted by Gasteiger charge is -2.36. The lowest BCUT2D eigenvalue weighted by Crippen LogP contribution is -2.50. The normalized spacial score (nSPS) is 18.4. The average molecular weight is 467 g/mol. The number of thiocarbonyl (C=S) groups is 1. The van der Waals surface area contributed by atoms with E-state index in [-0.39, 0.29) is 18.6 Å². The molecule has 2 aliphatic heterocycles. The van der Waals surface area contributed by atoms with Gasteiger partial charge < -0.3 is 24.6 Å². The fourth-order valence-corrected chi connectivity index (χ4v) is 3.65. The quantitative estimate of drug-likeness (QED) is 0.480. The first kappa shape index (κ1) is 23.7. The molecule has 32 heavy (non-hydrogen) atoms. The van der Waals surface area contributed by atoms with Crippen LogP contribution < -0.4 is 15.1 Å². The minimum absolute atomic E-state index is 0.271. The van der Waals surface area contributed by atoms with E-state index < -0.39 is 17.9 Å². The van der Waals surface area contributed by atoms with Gasteiger partial charge in [-0.2, -0.15) is 0 Å². The Balaban J connectivity index is 1.57. The van der Waals surface area contributed by atoms with Crippen molar-refractivity contribution < 1.29 is 28.2 Å². The summed E-state index contributed by atoms with van der Waals surface area (Å²) in [4.78, 5) is 40.7. The zero-order valence-corrected chi connectivity index (χ0v) is 19.0. The molecule has 3 rings (SSSR count). The Morgan fingerprint density at radius 2 is 2.00 bits per heavy atom. The van der Waals surface area contributed by atoms with Crippen LogP contribution in [-0.4, -0.2) is 79.8 Å². The van der Waals surface area contributed by atoms with E-state index in [2.05, 4.69) is 5.32 Å². The van der Waals surface area contributed by atoms with Crippen molar-refractivity contribution in [2.24, 2.45) is 0 Å². The summed E-state index contributed by atoms with van der Waals surface area (Å²) >= 11 is 5.12. The van der Waals surface area contributed by atoms with Gasteiger partial charge in [0, 0.05) is 33.1 Å². The molecule has 1 aromatic rings. The topological polar surface area (TPSA) is 91.4 Å². The first-order chi connectivity index (χ1) is 15.3. The molecule has 0 bridgehead atoms. The van der Waals surface area contributed by atoms with Crippen LogP contribution in [-0.2, 0) is 19.1 Å². The summed E-state index contributed by atoms with van der Waals surface area (Å²) in [5, 5.41) is 3.05. The van der Waals surface area contributed by atoms with Crippen LogP contribution in [0.25, 0.3) is 0 Å².